The molecule has 1 atom stereocenters. The largest absolute Gasteiger partial charge is 0.327 e. The second-order valence-electron chi connectivity index (χ2n) is 6.40. The van der Waals surface area contributed by atoms with E-state index in [-0.39, 0.29) is 11.9 Å². The standard InChI is InChI=1S/C20H20ClN3O2/c1-11-4-7-14(8-5-11)18-17(13(3)22-20(26)24-18)19(25)23-15-9-6-12(2)16(21)10-15/h4-10,18H,1-3H3,(H,23,25)(H2,22,24,26)/t18-/m1/s1. The molecule has 6 heteroatoms. The molecular formula is C20H20ClN3O2. The molecule has 3 N–H and O–H groups in total. The van der Waals surface area contributed by atoms with Crippen LogP contribution in [0.3, 0.4) is 0 Å². The van der Waals surface area contributed by atoms with Crippen molar-refractivity contribution in [3.05, 3.63) is 75.4 Å². The molecule has 2 aromatic carbocycles. The zero-order valence-corrected chi connectivity index (χ0v) is 15.6. The third-order valence-corrected chi connectivity index (χ3v) is 4.76. The van der Waals surface area contributed by atoms with Crippen LogP contribution < -0.4 is 16.0 Å². The number of halogens is 1. The summed E-state index contributed by atoms with van der Waals surface area (Å²) >= 11 is 6.14. The van der Waals surface area contributed by atoms with E-state index in [4.69, 9.17) is 11.6 Å². The van der Waals surface area contributed by atoms with Gasteiger partial charge in [0.1, 0.15) is 0 Å². The third kappa shape index (κ3) is 3.73. The van der Waals surface area contributed by atoms with Gasteiger partial charge in [-0.05, 0) is 44.0 Å². The summed E-state index contributed by atoms with van der Waals surface area (Å²) in [7, 11) is 0. The van der Waals surface area contributed by atoms with Gasteiger partial charge >= 0.3 is 6.03 Å². The molecule has 2 aromatic rings. The first kappa shape index (κ1) is 18.0. The number of urea groups is 1. The number of nitrogens with one attached hydrogen (secondary N) is 3. The maximum absolute atomic E-state index is 12.9. The Morgan fingerprint density at radius 1 is 1.08 bits per heavy atom. The van der Waals surface area contributed by atoms with Crippen molar-refractivity contribution in [2.45, 2.75) is 26.8 Å². The molecule has 0 saturated carbocycles. The highest BCUT2D eigenvalue weighted by atomic mass is 35.5. The molecule has 26 heavy (non-hydrogen) atoms. The number of hydrogen-bond acceptors (Lipinski definition) is 2. The Bertz CT molecular complexity index is 904. The van der Waals surface area contributed by atoms with Crippen LogP contribution >= 0.6 is 11.6 Å². The molecule has 1 heterocycles. The number of carbonyl (C=O) groups is 2. The molecule has 0 unspecified atom stereocenters. The van der Waals surface area contributed by atoms with Gasteiger partial charge in [-0.15, -0.1) is 0 Å². The summed E-state index contributed by atoms with van der Waals surface area (Å²) in [5.74, 6) is -0.291. The number of amides is 3. The summed E-state index contributed by atoms with van der Waals surface area (Å²) < 4.78 is 0. The van der Waals surface area contributed by atoms with Crippen LogP contribution in [-0.2, 0) is 4.79 Å². The maximum Gasteiger partial charge on any atom is 0.319 e. The normalized spacial score (nSPS) is 16.8. The molecule has 5 nitrogen and oxygen atoms in total. The van der Waals surface area contributed by atoms with Crippen LogP contribution in [0.1, 0.15) is 29.7 Å². The SMILES string of the molecule is CC1=C(C(=O)Nc2ccc(C)c(Cl)c2)[C@@H](c2ccc(C)cc2)NC(=O)N1. The number of hydrogen-bond donors (Lipinski definition) is 3. The van der Waals surface area contributed by atoms with Crippen molar-refractivity contribution in [3.63, 3.8) is 0 Å². The molecular weight excluding hydrogens is 350 g/mol. The topological polar surface area (TPSA) is 70.2 Å². The first-order valence-electron chi connectivity index (χ1n) is 8.27. The molecule has 1 aliphatic rings. The Balaban J connectivity index is 1.93. The quantitative estimate of drug-likeness (QED) is 0.757. The van der Waals surface area contributed by atoms with Crippen LogP contribution in [0.15, 0.2) is 53.7 Å². The van der Waals surface area contributed by atoms with E-state index in [1.165, 1.54) is 0 Å². The predicted molar refractivity (Wildman–Crippen MR) is 103 cm³/mol. The van der Waals surface area contributed by atoms with E-state index in [1.807, 2.05) is 44.2 Å². The summed E-state index contributed by atoms with van der Waals surface area (Å²) in [6, 6.07) is 12.2. The highest BCUT2D eigenvalue weighted by molar-refractivity contribution is 6.31. The number of benzene rings is 2. The second kappa shape index (κ2) is 7.22. The van der Waals surface area contributed by atoms with Gasteiger partial charge in [-0.3, -0.25) is 4.79 Å². The van der Waals surface area contributed by atoms with Crippen molar-refractivity contribution in [1.82, 2.24) is 10.6 Å². The first-order valence-corrected chi connectivity index (χ1v) is 8.65. The smallest absolute Gasteiger partial charge is 0.319 e. The van der Waals surface area contributed by atoms with E-state index in [0.29, 0.717) is 22.0 Å². The lowest BCUT2D eigenvalue weighted by Gasteiger charge is -2.28. The number of carbonyl (C=O) groups excluding carboxylic acids is 2. The van der Waals surface area contributed by atoms with Gasteiger partial charge in [-0.2, -0.15) is 0 Å². The summed E-state index contributed by atoms with van der Waals surface area (Å²) in [5, 5.41) is 8.94. The molecule has 1 aliphatic heterocycles. The number of anilines is 1. The molecule has 0 aromatic heterocycles. The van der Waals surface area contributed by atoms with Gasteiger partial charge in [0.15, 0.2) is 0 Å². The Kier molecular flexibility index (Phi) is 5.00. The van der Waals surface area contributed by atoms with Gasteiger partial charge in [0, 0.05) is 16.4 Å². The minimum absolute atomic E-state index is 0.291. The lowest BCUT2D eigenvalue weighted by molar-refractivity contribution is -0.113. The fraction of sp³-hybridized carbons (Fsp3) is 0.200. The molecule has 0 spiro atoms. The zero-order valence-electron chi connectivity index (χ0n) is 14.8. The van der Waals surface area contributed by atoms with Crippen LogP contribution in [0.25, 0.3) is 0 Å². The van der Waals surface area contributed by atoms with Crippen LogP contribution in [0.2, 0.25) is 5.02 Å². The van der Waals surface area contributed by atoms with Crippen molar-refractivity contribution in [1.29, 1.82) is 0 Å². The van der Waals surface area contributed by atoms with Gasteiger partial charge in [0.2, 0.25) is 0 Å². The maximum atomic E-state index is 12.9. The van der Waals surface area contributed by atoms with Crippen molar-refractivity contribution in [2.24, 2.45) is 0 Å². The van der Waals surface area contributed by atoms with Crippen LogP contribution in [-0.4, -0.2) is 11.9 Å². The Morgan fingerprint density at radius 2 is 1.77 bits per heavy atom. The average Bonchev–Trinajstić information content (AvgIpc) is 2.58. The van der Waals surface area contributed by atoms with E-state index < -0.39 is 6.04 Å². The van der Waals surface area contributed by atoms with Gasteiger partial charge in [0.05, 0.1) is 11.6 Å². The summed E-state index contributed by atoms with van der Waals surface area (Å²) in [5.41, 5.74) is 4.47. The van der Waals surface area contributed by atoms with Gasteiger partial charge in [-0.1, -0.05) is 47.5 Å². The van der Waals surface area contributed by atoms with Crippen LogP contribution in [0.4, 0.5) is 10.5 Å². The van der Waals surface area contributed by atoms with E-state index >= 15 is 0 Å². The lowest BCUT2D eigenvalue weighted by atomic mass is 9.94. The summed E-state index contributed by atoms with van der Waals surface area (Å²) in [6.07, 6.45) is 0. The molecule has 3 rings (SSSR count). The third-order valence-electron chi connectivity index (χ3n) is 4.35. The van der Waals surface area contributed by atoms with Crippen molar-refractivity contribution in [3.8, 4) is 0 Å². The lowest BCUT2D eigenvalue weighted by Crippen LogP contribution is -2.45. The first-order chi connectivity index (χ1) is 12.3. The Morgan fingerprint density at radius 3 is 2.42 bits per heavy atom. The van der Waals surface area contributed by atoms with Crippen LogP contribution in [0.5, 0.6) is 0 Å². The van der Waals surface area contributed by atoms with Crippen molar-refractivity contribution in [2.75, 3.05) is 5.32 Å². The molecule has 0 saturated heterocycles. The van der Waals surface area contributed by atoms with Gasteiger partial charge < -0.3 is 16.0 Å². The predicted octanol–water partition coefficient (Wildman–Crippen LogP) is 4.22. The molecule has 134 valence electrons. The Hall–Kier alpha value is -2.79. The van der Waals surface area contributed by atoms with Gasteiger partial charge in [-0.25, -0.2) is 4.79 Å². The van der Waals surface area contributed by atoms with E-state index in [0.717, 1.165) is 16.7 Å². The van der Waals surface area contributed by atoms with E-state index in [9.17, 15) is 9.59 Å². The molecule has 0 bridgehead atoms. The van der Waals surface area contributed by atoms with E-state index in [2.05, 4.69) is 16.0 Å². The minimum atomic E-state index is -0.523. The van der Waals surface area contributed by atoms with Crippen molar-refractivity contribution >= 4 is 29.2 Å². The highest BCUT2D eigenvalue weighted by Gasteiger charge is 2.31. The summed E-state index contributed by atoms with van der Waals surface area (Å²) in [6.45, 7) is 5.60. The minimum Gasteiger partial charge on any atom is -0.327 e. The Labute approximate surface area is 157 Å². The van der Waals surface area contributed by atoms with Crippen molar-refractivity contribution < 1.29 is 9.59 Å². The number of aryl methyl sites for hydroxylation is 2. The zero-order chi connectivity index (χ0) is 18.8. The highest BCUT2D eigenvalue weighted by Crippen LogP contribution is 2.28. The number of allylic oxidation sites excluding steroid dienone is 1. The molecule has 0 radical (unpaired) electrons. The van der Waals surface area contributed by atoms with Crippen LogP contribution in [0, 0.1) is 13.8 Å². The average molecular weight is 370 g/mol. The monoisotopic (exact) mass is 369 g/mol. The fourth-order valence-electron chi connectivity index (χ4n) is 2.87. The molecule has 3 amide bonds. The van der Waals surface area contributed by atoms with Gasteiger partial charge in [0.25, 0.3) is 5.91 Å². The molecule has 0 fully saturated rings. The fourth-order valence-corrected chi connectivity index (χ4v) is 3.05. The molecule has 0 aliphatic carbocycles. The summed E-state index contributed by atoms with van der Waals surface area (Å²) in [4.78, 5) is 24.9. The van der Waals surface area contributed by atoms with E-state index in [1.54, 1.807) is 19.1 Å². The number of rotatable bonds is 3. The second-order valence-corrected chi connectivity index (χ2v) is 6.81.